The van der Waals surface area contributed by atoms with E-state index < -0.39 is 11.9 Å². The van der Waals surface area contributed by atoms with Gasteiger partial charge in [-0.3, -0.25) is 4.79 Å². The van der Waals surface area contributed by atoms with Crippen LogP contribution in [0.15, 0.2) is 12.1 Å². The summed E-state index contributed by atoms with van der Waals surface area (Å²) in [5, 5.41) is 5.64. The summed E-state index contributed by atoms with van der Waals surface area (Å²) in [6, 6.07) is 1.90. The molecule has 1 saturated carbocycles. The number of amides is 1. The molecule has 1 amide bonds. The number of carbonyl (C=O) groups excluding carboxylic acids is 1. The molecule has 1 aromatic heterocycles. The van der Waals surface area contributed by atoms with Crippen molar-refractivity contribution in [2.45, 2.75) is 26.1 Å². The second kappa shape index (κ2) is 4.69. The minimum Gasteiger partial charge on any atom is -0.309 e. The number of piperidine rings is 1. The Bertz CT molecular complexity index is 587. The van der Waals surface area contributed by atoms with Gasteiger partial charge in [0.15, 0.2) is 0 Å². The number of fused-ring (bicyclic) bond motifs is 1. The number of halogens is 3. The van der Waals surface area contributed by atoms with E-state index in [0.29, 0.717) is 17.4 Å². The molecule has 0 spiro atoms. The minimum atomic E-state index is -4.52. The fraction of sp³-hybridized carbons (Fsp3) is 0.571. The molecule has 114 valence electrons. The molecule has 1 aliphatic heterocycles. The summed E-state index contributed by atoms with van der Waals surface area (Å²) in [6.45, 7) is 4.50. The van der Waals surface area contributed by atoms with Crippen molar-refractivity contribution in [2.75, 3.05) is 11.9 Å². The lowest BCUT2D eigenvalue weighted by Crippen LogP contribution is -2.40. The second-order valence-electron chi connectivity index (χ2n) is 5.84. The maximum absolute atomic E-state index is 12.7. The van der Waals surface area contributed by atoms with Crippen LogP contribution >= 0.6 is 0 Å². The maximum atomic E-state index is 12.7. The quantitative estimate of drug-likeness (QED) is 0.880. The van der Waals surface area contributed by atoms with Gasteiger partial charge < -0.3 is 10.6 Å². The molecule has 2 aliphatic rings. The highest BCUT2D eigenvalue weighted by molar-refractivity contribution is 5.95. The minimum absolute atomic E-state index is 0.0200. The van der Waals surface area contributed by atoms with Crippen molar-refractivity contribution in [1.29, 1.82) is 0 Å². The first-order valence-electron chi connectivity index (χ1n) is 6.88. The fourth-order valence-corrected chi connectivity index (χ4v) is 3.13. The summed E-state index contributed by atoms with van der Waals surface area (Å²) >= 11 is 0. The van der Waals surface area contributed by atoms with E-state index in [9.17, 15) is 18.0 Å². The van der Waals surface area contributed by atoms with Crippen LogP contribution in [0.5, 0.6) is 0 Å². The van der Waals surface area contributed by atoms with Gasteiger partial charge >= 0.3 is 6.18 Å². The van der Waals surface area contributed by atoms with E-state index >= 15 is 0 Å². The molecule has 0 aromatic carbocycles. The molecule has 0 bridgehead atoms. The summed E-state index contributed by atoms with van der Waals surface area (Å²) < 4.78 is 38.0. The summed E-state index contributed by atoms with van der Waals surface area (Å²) in [5.74, 6) is 0.972. The van der Waals surface area contributed by atoms with Gasteiger partial charge in [0, 0.05) is 0 Å². The highest BCUT2D eigenvalue weighted by atomic mass is 19.4. The van der Waals surface area contributed by atoms with Crippen LogP contribution < -0.4 is 10.6 Å². The van der Waals surface area contributed by atoms with Gasteiger partial charge in [0.05, 0.1) is 6.04 Å². The number of nitrogens with one attached hydrogen (secondary N) is 2. The third-order valence-electron chi connectivity index (χ3n) is 4.51. The van der Waals surface area contributed by atoms with Gasteiger partial charge in [0.1, 0.15) is 11.5 Å². The number of hydrogen-bond donors (Lipinski definition) is 2. The molecular weight excluding hydrogens is 283 g/mol. The molecular formula is C14H16F3N3O. The van der Waals surface area contributed by atoms with Crippen molar-refractivity contribution in [2.24, 2.45) is 17.8 Å². The topological polar surface area (TPSA) is 54.0 Å². The lowest BCUT2D eigenvalue weighted by atomic mass is 10.1. The highest BCUT2D eigenvalue weighted by Gasteiger charge is 2.57. The van der Waals surface area contributed by atoms with Crippen LogP contribution in [-0.4, -0.2) is 23.5 Å². The maximum Gasteiger partial charge on any atom is 0.433 e. The normalized spacial score (nSPS) is 30.9. The average Bonchev–Trinajstić information content (AvgIpc) is 2.86. The van der Waals surface area contributed by atoms with E-state index in [0.717, 1.165) is 12.6 Å². The Hall–Kier alpha value is -1.63. The Morgan fingerprint density at radius 2 is 2.14 bits per heavy atom. The number of hydrogen-bond acceptors (Lipinski definition) is 3. The number of pyridine rings is 1. The van der Waals surface area contributed by atoms with Crippen LogP contribution in [0.25, 0.3) is 0 Å². The number of nitrogens with zero attached hydrogens (tertiary/aromatic N) is 1. The number of anilines is 1. The molecule has 1 aliphatic carbocycles. The van der Waals surface area contributed by atoms with E-state index in [1.54, 1.807) is 6.92 Å². The van der Waals surface area contributed by atoms with E-state index in [-0.39, 0.29) is 23.7 Å². The molecule has 4 nitrogen and oxygen atoms in total. The van der Waals surface area contributed by atoms with Gasteiger partial charge in [-0.25, -0.2) is 4.98 Å². The van der Waals surface area contributed by atoms with Crippen molar-refractivity contribution < 1.29 is 18.0 Å². The van der Waals surface area contributed by atoms with Crippen LogP contribution in [0, 0.1) is 24.7 Å². The van der Waals surface area contributed by atoms with E-state index in [4.69, 9.17) is 0 Å². The van der Waals surface area contributed by atoms with Crippen molar-refractivity contribution in [3.63, 3.8) is 0 Å². The summed E-state index contributed by atoms with van der Waals surface area (Å²) in [4.78, 5) is 15.7. The van der Waals surface area contributed by atoms with Crippen LogP contribution in [0.2, 0.25) is 0 Å². The van der Waals surface area contributed by atoms with Crippen molar-refractivity contribution >= 4 is 11.7 Å². The zero-order valence-corrected chi connectivity index (χ0v) is 11.7. The lowest BCUT2D eigenvalue weighted by molar-refractivity contribution is -0.141. The molecule has 2 heterocycles. The molecule has 1 saturated heterocycles. The average molecular weight is 299 g/mol. The summed E-state index contributed by atoms with van der Waals surface area (Å²) in [5.41, 5.74) is -0.491. The Labute approximate surface area is 120 Å². The first kappa shape index (κ1) is 14.3. The Kier molecular flexibility index (Phi) is 3.20. The number of aromatic nitrogens is 1. The van der Waals surface area contributed by atoms with E-state index in [1.807, 2.05) is 0 Å². The summed E-state index contributed by atoms with van der Waals surface area (Å²) in [6.07, 6.45) is -4.52. The molecule has 21 heavy (non-hydrogen) atoms. The van der Waals surface area contributed by atoms with Crippen molar-refractivity contribution in [3.8, 4) is 0 Å². The van der Waals surface area contributed by atoms with Crippen molar-refractivity contribution in [1.82, 2.24) is 10.3 Å². The summed E-state index contributed by atoms with van der Waals surface area (Å²) in [7, 11) is 0. The van der Waals surface area contributed by atoms with Gasteiger partial charge in [0.2, 0.25) is 5.91 Å². The monoisotopic (exact) mass is 299 g/mol. The third kappa shape index (κ3) is 2.50. The van der Waals surface area contributed by atoms with E-state index in [2.05, 4.69) is 22.5 Å². The van der Waals surface area contributed by atoms with Crippen LogP contribution in [0.3, 0.4) is 0 Å². The van der Waals surface area contributed by atoms with Gasteiger partial charge in [-0.15, -0.1) is 0 Å². The van der Waals surface area contributed by atoms with Gasteiger partial charge in [-0.2, -0.15) is 13.2 Å². The molecule has 7 heteroatoms. The van der Waals surface area contributed by atoms with Gasteiger partial charge in [0.25, 0.3) is 0 Å². The molecule has 0 radical (unpaired) electrons. The Morgan fingerprint density at radius 1 is 1.43 bits per heavy atom. The second-order valence-corrected chi connectivity index (χ2v) is 5.84. The SMILES string of the molecule is Cc1ccc(C(F)(F)F)nc1NC(=O)[C@H]1NC[C@H]2[C@@H](C)[C@H]21. The number of carbonyl (C=O) groups is 1. The molecule has 0 unspecified atom stereocenters. The first-order valence-corrected chi connectivity index (χ1v) is 6.88. The standard InChI is InChI=1S/C14H16F3N3O/c1-6-3-4-9(14(15,16)17)19-12(6)20-13(21)11-10-7(2)8(10)5-18-11/h3-4,7-8,10-11,18H,5H2,1-2H3,(H,19,20,21)/t7-,8+,10-,11+/m1/s1. The zero-order valence-electron chi connectivity index (χ0n) is 11.7. The molecule has 3 rings (SSSR count). The van der Waals surface area contributed by atoms with Gasteiger partial charge in [-0.05, 0) is 42.9 Å². The molecule has 4 atom stereocenters. The van der Waals surface area contributed by atoms with Gasteiger partial charge in [-0.1, -0.05) is 13.0 Å². The first-order chi connectivity index (χ1) is 9.79. The third-order valence-corrected chi connectivity index (χ3v) is 4.51. The molecule has 1 aromatic rings. The van der Waals surface area contributed by atoms with Crippen LogP contribution in [-0.2, 0) is 11.0 Å². The van der Waals surface area contributed by atoms with Crippen LogP contribution in [0.4, 0.5) is 19.0 Å². The number of alkyl halides is 3. The largest absolute Gasteiger partial charge is 0.433 e. The molecule has 2 N–H and O–H groups in total. The number of rotatable bonds is 2. The Morgan fingerprint density at radius 3 is 2.71 bits per heavy atom. The number of aryl methyl sites for hydroxylation is 1. The Balaban J connectivity index is 1.77. The zero-order chi connectivity index (χ0) is 15.4. The molecule has 2 fully saturated rings. The smallest absolute Gasteiger partial charge is 0.309 e. The lowest BCUT2D eigenvalue weighted by Gasteiger charge is -2.16. The predicted molar refractivity (Wildman–Crippen MR) is 70.5 cm³/mol. The van der Waals surface area contributed by atoms with Crippen LogP contribution in [0.1, 0.15) is 18.2 Å². The highest BCUT2D eigenvalue weighted by Crippen LogP contribution is 2.51. The predicted octanol–water partition coefficient (Wildman–Crippen LogP) is 2.20. The van der Waals surface area contributed by atoms with E-state index in [1.165, 1.54) is 6.07 Å². The van der Waals surface area contributed by atoms with Crippen molar-refractivity contribution in [3.05, 3.63) is 23.4 Å². The fourth-order valence-electron chi connectivity index (χ4n) is 3.13.